The van der Waals surface area contributed by atoms with Gasteiger partial charge in [-0.2, -0.15) is 0 Å². The molecular weight excluding hydrogens is 1130 g/mol. The zero-order chi connectivity index (χ0) is 63.8. The van der Waals surface area contributed by atoms with Crippen LogP contribution in [-0.2, 0) is 0 Å². The van der Waals surface area contributed by atoms with Gasteiger partial charge in [-0.05, 0) is 168 Å². The lowest BCUT2D eigenvalue weighted by Crippen LogP contribution is -1.96. The van der Waals surface area contributed by atoms with Crippen molar-refractivity contribution < 1.29 is 0 Å². The van der Waals surface area contributed by atoms with E-state index in [-0.39, 0.29) is 0 Å². The summed E-state index contributed by atoms with van der Waals surface area (Å²) in [6.07, 6.45) is 1.13. The van der Waals surface area contributed by atoms with Gasteiger partial charge in [0, 0.05) is 33.4 Å². The Morgan fingerprint density at radius 3 is 0.882 bits per heavy atom. The molecule has 12 aromatic carbocycles. The minimum atomic E-state index is 0.539. The largest absolute Gasteiger partial charge is 0.228 e. The van der Waals surface area contributed by atoms with Gasteiger partial charge in [0.2, 0.25) is 0 Å². The quantitative estimate of drug-likeness (QED) is 0.109. The molecule has 2 heterocycles. The fourth-order valence-electron chi connectivity index (χ4n) is 12.5. The van der Waals surface area contributed by atoms with Crippen LogP contribution in [0.15, 0.2) is 303 Å². The first kappa shape index (κ1) is 60.7. The lowest BCUT2D eigenvalue weighted by Gasteiger charge is -2.13. The highest BCUT2D eigenvalue weighted by atomic mass is 14.9. The van der Waals surface area contributed by atoms with Crippen LogP contribution in [0.25, 0.3) is 135 Å². The molecule has 0 bridgehead atoms. The van der Waals surface area contributed by atoms with Gasteiger partial charge in [-0.15, -0.1) is 0 Å². The first-order chi connectivity index (χ1) is 45.4. The summed E-state index contributed by atoms with van der Waals surface area (Å²) >= 11 is 0. The van der Waals surface area contributed by atoms with E-state index >= 15 is 0 Å². The summed E-state index contributed by atoms with van der Waals surface area (Å²) in [7, 11) is 0. The van der Waals surface area contributed by atoms with Crippen LogP contribution in [0.1, 0.15) is 59.6 Å². The summed E-state index contributed by atoms with van der Waals surface area (Å²) in [5, 5.41) is 0. The number of benzene rings is 12. The highest BCUT2D eigenvalue weighted by Crippen LogP contribution is 2.37. The van der Waals surface area contributed by atoms with E-state index in [9.17, 15) is 0 Å². The molecule has 1 atom stereocenters. The zero-order valence-electron chi connectivity index (χ0n) is 53.9. The Morgan fingerprint density at radius 1 is 0.215 bits per heavy atom. The Hall–Kier alpha value is -11.2. The third kappa shape index (κ3) is 14.4. The first-order valence-electron chi connectivity index (χ1n) is 32.3. The van der Waals surface area contributed by atoms with E-state index in [0.29, 0.717) is 17.6 Å². The van der Waals surface area contributed by atoms with Crippen molar-refractivity contribution in [2.24, 2.45) is 0 Å². The molecule has 0 spiro atoms. The van der Waals surface area contributed by atoms with Crippen molar-refractivity contribution in [3.8, 4) is 135 Å². The van der Waals surface area contributed by atoms with Gasteiger partial charge in [0.05, 0.1) is 22.8 Å². The lowest BCUT2D eigenvalue weighted by atomic mass is 9.93. The van der Waals surface area contributed by atoms with Crippen LogP contribution in [0.4, 0.5) is 0 Å². The van der Waals surface area contributed by atoms with E-state index in [1.807, 2.05) is 24.3 Å². The molecule has 14 rings (SSSR count). The SMILES string of the molecule is CCC(C)c1cccc(-c2cccc(-c3cccc(-c4cc(-c5ccccc5)nc(-c5cccc(-c6cc(C)cc(C)c6)c5)n4)c3)c2)c1.Cc1cccc(-c2cccc(-c3cccc(-c4cc(-c5cccc(-c6cc(C)cc(C)c6)c5)nc(-c5ccccc5)n4)c3)c2)c1. The maximum Gasteiger partial charge on any atom is 0.160 e. The van der Waals surface area contributed by atoms with E-state index in [0.717, 1.165) is 79.3 Å². The number of nitrogens with zero attached hydrogens (tertiary/aromatic N) is 4. The second-order valence-electron chi connectivity index (χ2n) is 24.7. The Morgan fingerprint density at radius 2 is 0.484 bits per heavy atom. The van der Waals surface area contributed by atoms with E-state index < -0.39 is 0 Å². The topological polar surface area (TPSA) is 51.6 Å². The standard InChI is InChI=1S/C46H40N2.C43H34N2/c1-5-33(4)35-15-9-16-36(26-35)37-17-10-18-38(27-37)39-19-11-21-41(28-39)45-30-44(34-13-7-6-8-14-34)47-46(48-45)42-22-12-20-40(29-42)43-24-31(2)23-32(3)25-43;1-29-11-7-14-33(22-29)34-15-8-16-35(25-34)36-17-9-19-38(26-36)41-28-42(45-43(44-41)32-12-5-4-6-13-32)39-20-10-18-37(27-39)40-23-30(2)21-31(3)24-40/h6-30,33H,5H2,1-4H3;4-28H,1-3H3. The monoisotopic (exact) mass is 1200 g/mol. The third-order valence-corrected chi connectivity index (χ3v) is 17.4. The predicted octanol–water partition coefficient (Wildman–Crippen LogP) is 24.0. The lowest BCUT2D eigenvalue weighted by molar-refractivity contribution is 0.734. The summed E-state index contributed by atoms with van der Waals surface area (Å²) < 4.78 is 0. The summed E-state index contributed by atoms with van der Waals surface area (Å²) in [4.78, 5) is 20.5. The highest BCUT2D eigenvalue weighted by molar-refractivity contribution is 5.82. The average Bonchev–Trinajstić information content (AvgIpc) is 1.11. The van der Waals surface area contributed by atoms with Gasteiger partial charge < -0.3 is 0 Å². The summed E-state index contributed by atoms with van der Waals surface area (Å²) in [6.45, 7) is 15.3. The maximum absolute atomic E-state index is 5.19. The van der Waals surface area contributed by atoms with Crippen LogP contribution in [0.3, 0.4) is 0 Å². The maximum atomic E-state index is 5.19. The van der Waals surface area contributed by atoms with Crippen LogP contribution in [0.5, 0.6) is 0 Å². The molecule has 0 radical (unpaired) electrons. The fraction of sp³-hybridized carbons (Fsp3) is 0.101. The molecule has 2 aromatic heterocycles. The molecule has 14 aromatic rings. The molecule has 0 aliphatic heterocycles. The zero-order valence-corrected chi connectivity index (χ0v) is 53.9. The molecule has 4 nitrogen and oxygen atoms in total. The molecule has 0 saturated carbocycles. The average molecular weight is 1200 g/mol. The Kier molecular flexibility index (Phi) is 17.9. The number of hydrogen-bond acceptors (Lipinski definition) is 4. The summed E-state index contributed by atoms with van der Waals surface area (Å²) in [5.74, 6) is 1.97. The van der Waals surface area contributed by atoms with E-state index in [4.69, 9.17) is 19.9 Å². The minimum Gasteiger partial charge on any atom is -0.228 e. The normalized spacial score (nSPS) is 11.4. The van der Waals surface area contributed by atoms with Gasteiger partial charge in [-0.25, -0.2) is 19.9 Å². The van der Waals surface area contributed by atoms with Crippen LogP contribution in [-0.4, -0.2) is 19.9 Å². The summed E-state index contributed by atoms with van der Waals surface area (Å²) in [6, 6.07) is 108. The Balaban J connectivity index is 0.000000170. The molecule has 0 aliphatic carbocycles. The van der Waals surface area contributed by atoms with Crippen LogP contribution >= 0.6 is 0 Å². The predicted molar refractivity (Wildman–Crippen MR) is 392 cm³/mol. The van der Waals surface area contributed by atoms with Crippen LogP contribution in [0.2, 0.25) is 0 Å². The molecule has 93 heavy (non-hydrogen) atoms. The molecule has 1 unspecified atom stereocenters. The molecular formula is C89H74N4. The van der Waals surface area contributed by atoms with Gasteiger partial charge >= 0.3 is 0 Å². The van der Waals surface area contributed by atoms with Crippen molar-refractivity contribution in [3.05, 3.63) is 337 Å². The molecule has 450 valence electrons. The number of aryl methyl sites for hydroxylation is 5. The minimum absolute atomic E-state index is 0.539. The van der Waals surface area contributed by atoms with Crippen molar-refractivity contribution in [3.63, 3.8) is 0 Å². The molecule has 0 amide bonds. The first-order valence-corrected chi connectivity index (χ1v) is 32.3. The van der Waals surface area contributed by atoms with Crippen molar-refractivity contribution in [1.29, 1.82) is 0 Å². The van der Waals surface area contributed by atoms with Gasteiger partial charge in [0.25, 0.3) is 0 Å². The van der Waals surface area contributed by atoms with Crippen LogP contribution < -0.4 is 0 Å². The van der Waals surface area contributed by atoms with Crippen LogP contribution in [0, 0.1) is 34.6 Å². The third-order valence-electron chi connectivity index (χ3n) is 17.4. The van der Waals surface area contributed by atoms with Gasteiger partial charge in [0.1, 0.15) is 0 Å². The molecule has 0 N–H and O–H groups in total. The van der Waals surface area contributed by atoms with Gasteiger partial charge in [-0.3, -0.25) is 0 Å². The smallest absolute Gasteiger partial charge is 0.160 e. The molecule has 4 heteroatoms. The van der Waals surface area contributed by atoms with E-state index in [1.54, 1.807) is 0 Å². The van der Waals surface area contributed by atoms with E-state index in [2.05, 4.69) is 328 Å². The second-order valence-corrected chi connectivity index (χ2v) is 24.7. The molecule has 0 saturated heterocycles. The highest BCUT2D eigenvalue weighted by Gasteiger charge is 2.16. The van der Waals surface area contributed by atoms with Crippen molar-refractivity contribution in [2.45, 2.75) is 60.8 Å². The Labute approximate surface area is 548 Å². The van der Waals surface area contributed by atoms with Crippen molar-refractivity contribution in [1.82, 2.24) is 19.9 Å². The molecule has 0 aliphatic rings. The number of rotatable bonds is 14. The number of aromatic nitrogens is 4. The second kappa shape index (κ2) is 27.5. The summed E-state index contributed by atoms with van der Waals surface area (Å²) in [5.41, 5.74) is 31.8. The van der Waals surface area contributed by atoms with Gasteiger partial charge in [0.15, 0.2) is 11.6 Å². The van der Waals surface area contributed by atoms with Crippen molar-refractivity contribution in [2.75, 3.05) is 0 Å². The van der Waals surface area contributed by atoms with E-state index in [1.165, 1.54) is 83.5 Å². The van der Waals surface area contributed by atoms with Gasteiger partial charge in [-0.1, -0.05) is 296 Å². The Bertz CT molecular complexity index is 4940. The van der Waals surface area contributed by atoms with Crippen molar-refractivity contribution >= 4 is 0 Å². The molecule has 0 fully saturated rings. The number of hydrogen-bond donors (Lipinski definition) is 0. The fourth-order valence-corrected chi connectivity index (χ4v) is 12.5.